The fraction of sp³-hybridized carbons (Fsp3) is 0.500. The number of nitrogens with one attached hydrogen (secondary N) is 1. The minimum atomic E-state index is 0.195. The monoisotopic (exact) mass is 208 g/mol. The molecule has 0 aromatic heterocycles. The molecule has 0 heterocycles. The summed E-state index contributed by atoms with van der Waals surface area (Å²) in [6.07, 6.45) is 0. The fourth-order valence-electron chi connectivity index (χ4n) is 1.61. The first-order valence-electron chi connectivity index (χ1n) is 5.38. The molecule has 1 rings (SSSR count). The molecule has 3 N–H and O–H groups in total. The van der Waals surface area contributed by atoms with E-state index in [9.17, 15) is 0 Å². The van der Waals surface area contributed by atoms with E-state index in [1.165, 1.54) is 5.56 Å². The molecule has 1 aromatic rings. The SMILES string of the molecule is CCOc1ccc(C(NN)C(C)C)cc1. The van der Waals surface area contributed by atoms with Crippen molar-refractivity contribution in [1.29, 1.82) is 0 Å². The van der Waals surface area contributed by atoms with Crippen LogP contribution in [0.1, 0.15) is 32.4 Å². The van der Waals surface area contributed by atoms with Gasteiger partial charge in [0.05, 0.1) is 6.61 Å². The molecule has 3 nitrogen and oxygen atoms in total. The van der Waals surface area contributed by atoms with Crippen LogP contribution in [0.4, 0.5) is 0 Å². The number of hydrogen-bond donors (Lipinski definition) is 2. The molecule has 1 unspecified atom stereocenters. The average Bonchev–Trinajstić information content (AvgIpc) is 2.21. The summed E-state index contributed by atoms with van der Waals surface area (Å²) >= 11 is 0. The van der Waals surface area contributed by atoms with E-state index in [2.05, 4.69) is 31.4 Å². The van der Waals surface area contributed by atoms with Crippen molar-refractivity contribution >= 4 is 0 Å². The van der Waals surface area contributed by atoms with Gasteiger partial charge in [0.2, 0.25) is 0 Å². The summed E-state index contributed by atoms with van der Waals surface area (Å²) in [6, 6.07) is 8.25. The molecule has 0 bridgehead atoms. The van der Waals surface area contributed by atoms with Gasteiger partial charge in [0.25, 0.3) is 0 Å². The molecule has 0 spiro atoms. The third kappa shape index (κ3) is 3.22. The standard InChI is InChI=1S/C12H20N2O/c1-4-15-11-7-5-10(6-8-11)12(14-13)9(2)3/h5-9,12,14H,4,13H2,1-3H3. The zero-order valence-electron chi connectivity index (χ0n) is 9.66. The molecule has 0 fully saturated rings. The molecule has 1 atom stereocenters. The number of hydrogen-bond acceptors (Lipinski definition) is 3. The molecule has 84 valence electrons. The Morgan fingerprint density at radius 2 is 1.87 bits per heavy atom. The Balaban J connectivity index is 2.77. The van der Waals surface area contributed by atoms with Crippen molar-refractivity contribution in [2.45, 2.75) is 26.8 Å². The van der Waals surface area contributed by atoms with E-state index in [1.54, 1.807) is 0 Å². The Bertz CT molecular complexity index is 282. The van der Waals surface area contributed by atoms with Crippen molar-refractivity contribution in [3.63, 3.8) is 0 Å². The summed E-state index contributed by atoms with van der Waals surface area (Å²) in [5.74, 6) is 6.89. The number of nitrogens with two attached hydrogens (primary N) is 1. The highest BCUT2D eigenvalue weighted by Crippen LogP contribution is 2.22. The van der Waals surface area contributed by atoms with Crippen molar-refractivity contribution in [2.24, 2.45) is 11.8 Å². The Hall–Kier alpha value is -1.06. The van der Waals surface area contributed by atoms with Crippen LogP contribution in [0.15, 0.2) is 24.3 Å². The minimum Gasteiger partial charge on any atom is -0.494 e. The second kappa shape index (κ2) is 5.73. The van der Waals surface area contributed by atoms with E-state index >= 15 is 0 Å². The van der Waals surface area contributed by atoms with Crippen molar-refractivity contribution < 1.29 is 4.74 Å². The number of benzene rings is 1. The Labute approximate surface area is 91.6 Å². The smallest absolute Gasteiger partial charge is 0.119 e. The lowest BCUT2D eigenvalue weighted by Crippen LogP contribution is -2.31. The first kappa shape index (κ1) is 12.0. The molecule has 0 aliphatic carbocycles. The molecular formula is C12H20N2O. The number of rotatable bonds is 5. The van der Waals surface area contributed by atoms with Gasteiger partial charge in [-0.2, -0.15) is 0 Å². The highest BCUT2D eigenvalue weighted by molar-refractivity contribution is 5.29. The summed E-state index contributed by atoms with van der Waals surface area (Å²) in [5, 5.41) is 0. The molecular weight excluding hydrogens is 188 g/mol. The van der Waals surface area contributed by atoms with Crippen LogP contribution in [0.3, 0.4) is 0 Å². The van der Waals surface area contributed by atoms with Gasteiger partial charge in [-0.1, -0.05) is 26.0 Å². The summed E-state index contributed by atoms with van der Waals surface area (Å²) in [6.45, 7) is 6.95. The maximum absolute atomic E-state index is 5.52. The molecule has 0 aliphatic rings. The lowest BCUT2D eigenvalue weighted by atomic mass is 9.97. The molecule has 3 heteroatoms. The van der Waals surface area contributed by atoms with Gasteiger partial charge in [-0.05, 0) is 30.5 Å². The van der Waals surface area contributed by atoms with Gasteiger partial charge in [0.15, 0.2) is 0 Å². The normalized spacial score (nSPS) is 12.9. The van der Waals surface area contributed by atoms with Crippen LogP contribution >= 0.6 is 0 Å². The molecule has 0 saturated carbocycles. The maximum atomic E-state index is 5.52. The van der Waals surface area contributed by atoms with Crippen LogP contribution in [0, 0.1) is 5.92 Å². The number of ether oxygens (including phenoxy) is 1. The van der Waals surface area contributed by atoms with Gasteiger partial charge < -0.3 is 4.74 Å². The molecule has 0 amide bonds. The van der Waals surface area contributed by atoms with Crippen LogP contribution in [0.2, 0.25) is 0 Å². The van der Waals surface area contributed by atoms with E-state index in [0.717, 1.165) is 5.75 Å². The summed E-state index contributed by atoms with van der Waals surface area (Å²) in [4.78, 5) is 0. The highest BCUT2D eigenvalue weighted by Gasteiger charge is 2.13. The highest BCUT2D eigenvalue weighted by atomic mass is 16.5. The van der Waals surface area contributed by atoms with Gasteiger partial charge in [-0.25, -0.2) is 0 Å². The largest absolute Gasteiger partial charge is 0.494 e. The van der Waals surface area contributed by atoms with Crippen LogP contribution in [0.5, 0.6) is 5.75 Å². The van der Waals surface area contributed by atoms with Gasteiger partial charge in [-0.3, -0.25) is 11.3 Å². The summed E-state index contributed by atoms with van der Waals surface area (Å²) in [7, 11) is 0. The van der Waals surface area contributed by atoms with Crippen LogP contribution in [-0.4, -0.2) is 6.61 Å². The van der Waals surface area contributed by atoms with Crippen molar-refractivity contribution in [1.82, 2.24) is 5.43 Å². The van der Waals surface area contributed by atoms with Crippen molar-refractivity contribution in [3.05, 3.63) is 29.8 Å². The molecule has 1 aromatic carbocycles. The zero-order chi connectivity index (χ0) is 11.3. The third-order valence-electron chi connectivity index (χ3n) is 2.40. The first-order valence-corrected chi connectivity index (χ1v) is 5.38. The molecule has 0 aliphatic heterocycles. The molecule has 15 heavy (non-hydrogen) atoms. The number of hydrazine groups is 1. The quantitative estimate of drug-likeness (QED) is 0.576. The van der Waals surface area contributed by atoms with Crippen LogP contribution in [-0.2, 0) is 0 Å². The summed E-state index contributed by atoms with van der Waals surface area (Å²) < 4.78 is 5.38. The van der Waals surface area contributed by atoms with Crippen molar-refractivity contribution in [3.8, 4) is 5.75 Å². The van der Waals surface area contributed by atoms with E-state index in [4.69, 9.17) is 10.6 Å². The second-order valence-corrected chi connectivity index (χ2v) is 3.89. The van der Waals surface area contributed by atoms with Crippen LogP contribution in [0.25, 0.3) is 0 Å². The van der Waals surface area contributed by atoms with Gasteiger partial charge >= 0.3 is 0 Å². The second-order valence-electron chi connectivity index (χ2n) is 3.89. The van der Waals surface area contributed by atoms with Gasteiger partial charge in [-0.15, -0.1) is 0 Å². The summed E-state index contributed by atoms with van der Waals surface area (Å²) in [5.41, 5.74) is 4.02. The third-order valence-corrected chi connectivity index (χ3v) is 2.40. The van der Waals surface area contributed by atoms with E-state index < -0.39 is 0 Å². The predicted octanol–water partition coefficient (Wildman–Crippen LogP) is 2.25. The molecule has 0 saturated heterocycles. The zero-order valence-corrected chi connectivity index (χ0v) is 9.66. The van der Waals surface area contributed by atoms with Gasteiger partial charge in [0.1, 0.15) is 5.75 Å². The molecule has 0 radical (unpaired) electrons. The van der Waals surface area contributed by atoms with E-state index in [1.807, 2.05) is 19.1 Å². The topological polar surface area (TPSA) is 47.3 Å². The Morgan fingerprint density at radius 3 is 2.27 bits per heavy atom. The first-order chi connectivity index (χ1) is 7.19. The lowest BCUT2D eigenvalue weighted by molar-refractivity contribution is 0.339. The maximum Gasteiger partial charge on any atom is 0.119 e. The Kier molecular flexibility index (Phi) is 4.59. The van der Waals surface area contributed by atoms with Crippen LogP contribution < -0.4 is 16.0 Å². The lowest BCUT2D eigenvalue weighted by Gasteiger charge is -2.20. The minimum absolute atomic E-state index is 0.195. The van der Waals surface area contributed by atoms with Crippen molar-refractivity contribution in [2.75, 3.05) is 6.61 Å². The fourth-order valence-corrected chi connectivity index (χ4v) is 1.61. The average molecular weight is 208 g/mol. The van der Waals surface area contributed by atoms with Gasteiger partial charge in [0, 0.05) is 6.04 Å². The van der Waals surface area contributed by atoms with E-state index in [-0.39, 0.29) is 6.04 Å². The predicted molar refractivity (Wildman–Crippen MR) is 62.5 cm³/mol. The van der Waals surface area contributed by atoms with E-state index in [0.29, 0.717) is 12.5 Å². The Morgan fingerprint density at radius 1 is 1.27 bits per heavy atom.